The van der Waals surface area contributed by atoms with E-state index in [4.69, 9.17) is 9.15 Å². The molecule has 0 N–H and O–H groups in total. The summed E-state index contributed by atoms with van der Waals surface area (Å²) in [6, 6.07) is 14.6. The van der Waals surface area contributed by atoms with Gasteiger partial charge in [0.25, 0.3) is 0 Å². The SMILES string of the molecule is CCc1ccccc1N1C[C@H](C(=O)OCc2cc(=O)oc3cc(C)ccc23)CC1=O. The molecule has 0 saturated carbocycles. The van der Waals surface area contributed by atoms with Crippen LogP contribution in [0.2, 0.25) is 0 Å². The topological polar surface area (TPSA) is 76.8 Å². The van der Waals surface area contributed by atoms with Gasteiger partial charge in [0, 0.05) is 35.7 Å². The van der Waals surface area contributed by atoms with E-state index in [0.717, 1.165) is 28.6 Å². The molecule has 1 saturated heterocycles. The first-order chi connectivity index (χ1) is 14.5. The summed E-state index contributed by atoms with van der Waals surface area (Å²) in [5.41, 5.74) is 3.45. The molecule has 1 aliphatic heterocycles. The number of rotatable bonds is 5. The summed E-state index contributed by atoms with van der Waals surface area (Å²) < 4.78 is 10.7. The lowest BCUT2D eigenvalue weighted by Crippen LogP contribution is -2.27. The van der Waals surface area contributed by atoms with E-state index in [-0.39, 0.29) is 18.9 Å². The number of para-hydroxylation sites is 1. The summed E-state index contributed by atoms with van der Waals surface area (Å²) in [7, 11) is 0. The van der Waals surface area contributed by atoms with Crippen LogP contribution in [-0.2, 0) is 27.4 Å². The van der Waals surface area contributed by atoms with E-state index in [2.05, 4.69) is 0 Å². The fourth-order valence-corrected chi connectivity index (χ4v) is 3.89. The van der Waals surface area contributed by atoms with Crippen molar-refractivity contribution in [3.63, 3.8) is 0 Å². The number of carbonyl (C=O) groups is 2. The predicted molar refractivity (Wildman–Crippen MR) is 113 cm³/mol. The Labute approximate surface area is 174 Å². The van der Waals surface area contributed by atoms with Crippen LogP contribution in [0.5, 0.6) is 0 Å². The fraction of sp³-hybridized carbons (Fsp3) is 0.292. The van der Waals surface area contributed by atoms with Crippen molar-refractivity contribution in [1.82, 2.24) is 0 Å². The number of anilines is 1. The Morgan fingerprint density at radius 2 is 1.93 bits per heavy atom. The Balaban J connectivity index is 1.49. The lowest BCUT2D eigenvalue weighted by atomic mass is 10.1. The minimum atomic E-state index is -0.531. The molecule has 2 heterocycles. The lowest BCUT2D eigenvalue weighted by molar-refractivity contribution is -0.149. The van der Waals surface area contributed by atoms with Crippen LogP contribution >= 0.6 is 0 Å². The molecular weight excluding hydrogens is 382 g/mol. The van der Waals surface area contributed by atoms with Gasteiger partial charge in [0.15, 0.2) is 0 Å². The summed E-state index contributed by atoms with van der Waals surface area (Å²) >= 11 is 0. The molecular formula is C24H23NO5. The van der Waals surface area contributed by atoms with Gasteiger partial charge in [0.1, 0.15) is 12.2 Å². The van der Waals surface area contributed by atoms with E-state index in [1.54, 1.807) is 11.0 Å². The second-order valence-corrected chi connectivity index (χ2v) is 7.59. The first-order valence-electron chi connectivity index (χ1n) is 10.0. The molecule has 1 amide bonds. The Bertz CT molecular complexity index is 1180. The third-order valence-electron chi connectivity index (χ3n) is 5.48. The smallest absolute Gasteiger partial charge is 0.336 e. The maximum absolute atomic E-state index is 12.7. The summed E-state index contributed by atoms with van der Waals surface area (Å²) in [5.74, 6) is -1.05. The maximum Gasteiger partial charge on any atom is 0.336 e. The van der Waals surface area contributed by atoms with Crippen LogP contribution in [-0.4, -0.2) is 18.4 Å². The summed E-state index contributed by atoms with van der Waals surface area (Å²) in [6.45, 7) is 4.20. The third kappa shape index (κ3) is 3.85. The van der Waals surface area contributed by atoms with Crippen molar-refractivity contribution in [2.24, 2.45) is 5.92 Å². The van der Waals surface area contributed by atoms with Crippen LogP contribution in [0.25, 0.3) is 11.0 Å². The van der Waals surface area contributed by atoms with E-state index in [0.29, 0.717) is 17.7 Å². The molecule has 1 atom stereocenters. The minimum Gasteiger partial charge on any atom is -0.461 e. The van der Waals surface area contributed by atoms with Crippen LogP contribution in [0.4, 0.5) is 5.69 Å². The monoisotopic (exact) mass is 405 g/mol. The number of amides is 1. The number of ether oxygens (including phenoxy) is 1. The zero-order valence-electron chi connectivity index (χ0n) is 17.0. The van der Waals surface area contributed by atoms with Gasteiger partial charge in [-0.2, -0.15) is 0 Å². The van der Waals surface area contributed by atoms with Gasteiger partial charge < -0.3 is 14.1 Å². The number of carbonyl (C=O) groups excluding carboxylic acids is 2. The van der Waals surface area contributed by atoms with E-state index in [9.17, 15) is 14.4 Å². The van der Waals surface area contributed by atoms with Crippen molar-refractivity contribution < 1.29 is 18.7 Å². The molecule has 1 aromatic heterocycles. The van der Waals surface area contributed by atoms with Gasteiger partial charge in [-0.3, -0.25) is 9.59 Å². The molecule has 0 unspecified atom stereocenters. The molecule has 6 nitrogen and oxygen atoms in total. The highest BCUT2D eigenvalue weighted by molar-refractivity contribution is 6.00. The molecule has 1 fully saturated rings. The third-order valence-corrected chi connectivity index (χ3v) is 5.48. The average molecular weight is 405 g/mol. The van der Waals surface area contributed by atoms with Crippen LogP contribution < -0.4 is 10.5 Å². The predicted octanol–water partition coefficient (Wildman–Crippen LogP) is 3.76. The standard InChI is InChI=1S/C24H23NO5/c1-3-16-6-4-5-7-20(16)25-13-17(11-22(25)26)24(28)29-14-18-12-23(27)30-21-10-15(2)8-9-19(18)21/h4-10,12,17H,3,11,13-14H2,1-2H3/t17-/m1/s1. The Kier molecular flexibility index (Phi) is 5.40. The number of fused-ring (bicyclic) bond motifs is 1. The number of hydrogen-bond acceptors (Lipinski definition) is 5. The summed E-state index contributed by atoms with van der Waals surface area (Å²) in [4.78, 5) is 38.7. The second kappa shape index (κ2) is 8.14. The zero-order valence-corrected chi connectivity index (χ0v) is 17.0. The number of esters is 1. The van der Waals surface area contributed by atoms with E-state index in [1.807, 2.05) is 50.2 Å². The van der Waals surface area contributed by atoms with Gasteiger partial charge >= 0.3 is 11.6 Å². The summed E-state index contributed by atoms with van der Waals surface area (Å²) in [6.07, 6.45) is 0.923. The number of aryl methyl sites for hydroxylation is 2. The highest BCUT2D eigenvalue weighted by atomic mass is 16.5. The van der Waals surface area contributed by atoms with Gasteiger partial charge in [-0.05, 0) is 36.6 Å². The highest BCUT2D eigenvalue weighted by Gasteiger charge is 2.36. The van der Waals surface area contributed by atoms with Gasteiger partial charge in [0.05, 0.1) is 5.92 Å². The van der Waals surface area contributed by atoms with E-state index >= 15 is 0 Å². The van der Waals surface area contributed by atoms with Gasteiger partial charge in [-0.15, -0.1) is 0 Å². The molecule has 1 aliphatic rings. The van der Waals surface area contributed by atoms with Crippen molar-refractivity contribution in [3.8, 4) is 0 Å². The van der Waals surface area contributed by atoms with Gasteiger partial charge in [-0.25, -0.2) is 4.79 Å². The van der Waals surface area contributed by atoms with Crippen molar-refractivity contribution in [1.29, 1.82) is 0 Å². The molecule has 4 rings (SSSR count). The number of nitrogens with zero attached hydrogens (tertiary/aromatic N) is 1. The minimum absolute atomic E-state index is 0.0414. The Morgan fingerprint density at radius 3 is 2.73 bits per heavy atom. The van der Waals surface area contributed by atoms with Crippen molar-refractivity contribution in [2.75, 3.05) is 11.4 Å². The second-order valence-electron chi connectivity index (χ2n) is 7.59. The molecule has 3 aromatic rings. The largest absolute Gasteiger partial charge is 0.461 e. The Hall–Kier alpha value is -3.41. The fourth-order valence-electron chi connectivity index (χ4n) is 3.89. The molecule has 30 heavy (non-hydrogen) atoms. The first-order valence-corrected chi connectivity index (χ1v) is 10.0. The maximum atomic E-state index is 12.7. The quantitative estimate of drug-likeness (QED) is 0.477. The normalized spacial score (nSPS) is 16.3. The van der Waals surface area contributed by atoms with Crippen LogP contribution in [0.15, 0.2) is 57.7 Å². The van der Waals surface area contributed by atoms with Gasteiger partial charge in [0.2, 0.25) is 5.91 Å². The number of hydrogen-bond donors (Lipinski definition) is 0. The van der Waals surface area contributed by atoms with E-state index < -0.39 is 17.5 Å². The average Bonchev–Trinajstić information content (AvgIpc) is 3.12. The van der Waals surface area contributed by atoms with Crippen LogP contribution in [0.3, 0.4) is 0 Å². The summed E-state index contributed by atoms with van der Waals surface area (Å²) in [5, 5.41) is 0.731. The van der Waals surface area contributed by atoms with Crippen molar-refractivity contribution in [2.45, 2.75) is 33.3 Å². The molecule has 154 valence electrons. The molecule has 0 radical (unpaired) electrons. The first kappa shape index (κ1) is 19.9. The molecule has 0 spiro atoms. The molecule has 6 heteroatoms. The zero-order chi connectivity index (χ0) is 21.3. The highest BCUT2D eigenvalue weighted by Crippen LogP contribution is 2.29. The Morgan fingerprint density at radius 1 is 1.13 bits per heavy atom. The van der Waals surface area contributed by atoms with Crippen LogP contribution in [0, 0.1) is 12.8 Å². The van der Waals surface area contributed by atoms with Gasteiger partial charge in [-0.1, -0.05) is 37.3 Å². The van der Waals surface area contributed by atoms with E-state index in [1.165, 1.54) is 6.07 Å². The van der Waals surface area contributed by atoms with Crippen molar-refractivity contribution >= 4 is 28.5 Å². The molecule has 0 aliphatic carbocycles. The van der Waals surface area contributed by atoms with Crippen molar-refractivity contribution in [3.05, 3.63) is 75.6 Å². The van der Waals surface area contributed by atoms with Crippen LogP contribution in [0.1, 0.15) is 30.0 Å². The molecule has 0 bridgehead atoms. The number of benzene rings is 2. The lowest BCUT2D eigenvalue weighted by Gasteiger charge is -2.19. The molecule has 2 aromatic carbocycles.